The third kappa shape index (κ3) is 4.29. The van der Waals surface area contributed by atoms with Crippen LogP contribution in [0.5, 0.6) is 17.2 Å². The van der Waals surface area contributed by atoms with Crippen LogP contribution in [0.15, 0.2) is 23.3 Å². The summed E-state index contributed by atoms with van der Waals surface area (Å²) in [6.45, 7) is 16.6. The maximum atomic E-state index is 13.4. The van der Waals surface area contributed by atoms with Gasteiger partial charge in [-0.15, -0.1) is 0 Å². The first-order chi connectivity index (χ1) is 15.8. The summed E-state index contributed by atoms with van der Waals surface area (Å²) < 4.78 is 13.3. The number of hydrogen-bond acceptors (Lipinski definition) is 4. The maximum absolute atomic E-state index is 13.4. The number of ketones is 1. The number of Topliss-reactive ketones (excluding diaryl/α,β-unsaturated/α-hetero) is 1. The van der Waals surface area contributed by atoms with Crippen LogP contribution >= 0.6 is 0 Å². The molecule has 2 heterocycles. The van der Waals surface area contributed by atoms with Crippen LogP contribution in [0.25, 0.3) is 0 Å². The Morgan fingerprint density at radius 1 is 1.12 bits per heavy atom. The van der Waals surface area contributed by atoms with E-state index in [9.17, 15) is 9.90 Å². The standard InChI is InChI=1S/C30H42O4/c1-17(2)10-9-11-19(5)12-13-20-26(32)24(25(31)18(3)4)28-23-21-16-30(8,34-28)15-14-22(21)29(6,7)33-27(20)23/h10,12,18,21-22,32H,9,11,13-16H2,1-8H3/b19-12+/t21-,22+,30-/m0/s1. The molecule has 34 heavy (non-hydrogen) atoms. The van der Waals surface area contributed by atoms with Gasteiger partial charge in [-0.2, -0.15) is 0 Å². The van der Waals surface area contributed by atoms with E-state index >= 15 is 0 Å². The van der Waals surface area contributed by atoms with E-state index in [0.717, 1.165) is 49.0 Å². The highest BCUT2D eigenvalue weighted by Gasteiger charge is 2.56. The van der Waals surface area contributed by atoms with Crippen molar-refractivity contribution in [3.05, 3.63) is 40.0 Å². The zero-order chi connectivity index (χ0) is 25.0. The number of phenols is 1. The molecule has 0 radical (unpaired) electrons. The lowest BCUT2D eigenvalue weighted by molar-refractivity contribution is -0.0736. The fraction of sp³-hybridized carbons (Fsp3) is 0.633. The van der Waals surface area contributed by atoms with E-state index in [-0.39, 0.29) is 34.6 Å². The number of fused-ring (bicyclic) bond motifs is 1. The summed E-state index contributed by atoms with van der Waals surface area (Å²) in [5, 5.41) is 11.6. The molecule has 0 amide bonds. The van der Waals surface area contributed by atoms with Gasteiger partial charge in [0, 0.05) is 28.9 Å². The minimum absolute atomic E-state index is 0.0404. The van der Waals surface area contributed by atoms with Crippen molar-refractivity contribution in [2.24, 2.45) is 11.8 Å². The molecule has 1 fully saturated rings. The molecule has 2 aliphatic heterocycles. The van der Waals surface area contributed by atoms with Gasteiger partial charge < -0.3 is 14.6 Å². The smallest absolute Gasteiger partial charge is 0.172 e. The summed E-state index contributed by atoms with van der Waals surface area (Å²) in [5.74, 6) is 1.72. The predicted octanol–water partition coefficient (Wildman–Crippen LogP) is 7.67. The second-order valence-electron chi connectivity index (χ2n) is 12.1. The zero-order valence-corrected chi connectivity index (χ0v) is 22.3. The van der Waals surface area contributed by atoms with Gasteiger partial charge in [0.1, 0.15) is 34.0 Å². The molecular weight excluding hydrogens is 424 g/mol. The molecule has 1 saturated carbocycles. The second-order valence-corrected chi connectivity index (χ2v) is 12.1. The molecule has 0 saturated heterocycles. The Hall–Kier alpha value is -2.23. The maximum Gasteiger partial charge on any atom is 0.172 e. The van der Waals surface area contributed by atoms with Gasteiger partial charge >= 0.3 is 0 Å². The van der Waals surface area contributed by atoms with E-state index in [1.165, 1.54) is 11.1 Å². The van der Waals surface area contributed by atoms with Gasteiger partial charge in [-0.3, -0.25) is 4.79 Å². The van der Waals surface area contributed by atoms with Crippen molar-refractivity contribution in [1.29, 1.82) is 0 Å². The lowest BCUT2D eigenvalue weighted by Crippen LogP contribution is -2.54. The Kier molecular flexibility index (Phi) is 6.42. The van der Waals surface area contributed by atoms with Gasteiger partial charge in [-0.1, -0.05) is 37.1 Å². The molecule has 4 nitrogen and oxygen atoms in total. The Bertz CT molecular complexity index is 1050. The Morgan fingerprint density at radius 3 is 2.47 bits per heavy atom. The molecule has 0 spiro atoms. The van der Waals surface area contributed by atoms with Crippen molar-refractivity contribution in [3.8, 4) is 17.2 Å². The molecule has 1 aromatic rings. The number of phenolic OH excluding ortho intramolecular Hbond substituents is 1. The molecule has 1 N–H and O–H groups in total. The van der Waals surface area contributed by atoms with E-state index in [1.54, 1.807) is 0 Å². The van der Waals surface area contributed by atoms with E-state index in [4.69, 9.17) is 9.47 Å². The average molecular weight is 467 g/mol. The summed E-state index contributed by atoms with van der Waals surface area (Å²) in [6, 6.07) is 0. The normalized spacial score (nSPS) is 26.6. The van der Waals surface area contributed by atoms with Gasteiger partial charge in [0.25, 0.3) is 0 Å². The highest BCUT2D eigenvalue weighted by atomic mass is 16.5. The van der Waals surface area contributed by atoms with E-state index < -0.39 is 0 Å². The van der Waals surface area contributed by atoms with Crippen LogP contribution in [0.1, 0.15) is 115 Å². The molecule has 186 valence electrons. The SMILES string of the molecule is CC(C)=CCC/C(C)=C/Cc1c(O)c(C(=O)C(C)C)c2c3c1OC(C)(C)[C@@H]1CC[C@@](C)(C[C@H]31)O2. The fourth-order valence-electron chi connectivity index (χ4n) is 6.18. The first kappa shape index (κ1) is 24.9. The molecule has 3 atom stereocenters. The minimum Gasteiger partial charge on any atom is -0.507 e. The van der Waals surface area contributed by atoms with Crippen LogP contribution in [0, 0.1) is 11.8 Å². The molecular formula is C30H42O4. The van der Waals surface area contributed by atoms with E-state index in [0.29, 0.717) is 23.7 Å². The van der Waals surface area contributed by atoms with Crippen molar-refractivity contribution in [2.75, 3.05) is 0 Å². The molecule has 0 aromatic heterocycles. The first-order valence-corrected chi connectivity index (χ1v) is 13.0. The van der Waals surface area contributed by atoms with Crippen molar-refractivity contribution in [1.82, 2.24) is 0 Å². The third-order valence-electron chi connectivity index (χ3n) is 8.13. The number of hydrogen-bond donors (Lipinski definition) is 1. The summed E-state index contributed by atoms with van der Waals surface area (Å²) in [4.78, 5) is 13.4. The molecule has 4 heteroatoms. The second kappa shape index (κ2) is 8.77. The number of carbonyl (C=O) groups is 1. The predicted molar refractivity (Wildman–Crippen MR) is 137 cm³/mol. The monoisotopic (exact) mass is 466 g/mol. The van der Waals surface area contributed by atoms with Crippen LogP contribution < -0.4 is 9.47 Å². The zero-order valence-electron chi connectivity index (χ0n) is 22.3. The Morgan fingerprint density at radius 2 is 1.82 bits per heavy atom. The number of ether oxygens (including phenoxy) is 2. The number of carbonyl (C=O) groups excluding carboxylic acids is 1. The number of aromatic hydroxyl groups is 1. The number of allylic oxidation sites excluding steroid dienone is 4. The van der Waals surface area contributed by atoms with Gasteiger partial charge in [0.2, 0.25) is 0 Å². The van der Waals surface area contributed by atoms with Crippen LogP contribution in [0.2, 0.25) is 0 Å². The largest absolute Gasteiger partial charge is 0.507 e. The summed E-state index contributed by atoms with van der Waals surface area (Å²) in [6.07, 6.45) is 9.85. The summed E-state index contributed by atoms with van der Waals surface area (Å²) >= 11 is 0. The number of rotatable bonds is 7. The molecule has 4 rings (SSSR count). The number of benzene rings is 1. The summed E-state index contributed by atoms with van der Waals surface area (Å²) in [7, 11) is 0. The first-order valence-electron chi connectivity index (χ1n) is 13.0. The van der Waals surface area contributed by atoms with Crippen molar-refractivity contribution in [3.63, 3.8) is 0 Å². The van der Waals surface area contributed by atoms with Gasteiger partial charge in [-0.05, 0) is 80.1 Å². The van der Waals surface area contributed by atoms with E-state index in [1.807, 2.05) is 13.8 Å². The Labute approximate surface area is 205 Å². The summed E-state index contributed by atoms with van der Waals surface area (Å²) in [5.41, 5.74) is 4.07. The lowest BCUT2D eigenvalue weighted by atomic mass is 9.61. The molecule has 1 aromatic carbocycles. The van der Waals surface area contributed by atoms with Gasteiger partial charge in [0.15, 0.2) is 5.78 Å². The average Bonchev–Trinajstić information content (AvgIpc) is 2.71. The van der Waals surface area contributed by atoms with Crippen LogP contribution in [-0.4, -0.2) is 22.1 Å². The van der Waals surface area contributed by atoms with Crippen molar-refractivity contribution < 1.29 is 19.4 Å². The van der Waals surface area contributed by atoms with Gasteiger partial charge in [-0.25, -0.2) is 0 Å². The van der Waals surface area contributed by atoms with Gasteiger partial charge in [0.05, 0.1) is 0 Å². The van der Waals surface area contributed by atoms with Crippen LogP contribution in [0.4, 0.5) is 0 Å². The van der Waals surface area contributed by atoms with Crippen molar-refractivity contribution in [2.45, 2.75) is 111 Å². The Balaban J connectivity index is 1.86. The van der Waals surface area contributed by atoms with Crippen LogP contribution in [-0.2, 0) is 6.42 Å². The topological polar surface area (TPSA) is 55.8 Å². The van der Waals surface area contributed by atoms with Crippen molar-refractivity contribution >= 4 is 5.78 Å². The fourth-order valence-corrected chi connectivity index (χ4v) is 6.18. The van der Waals surface area contributed by atoms with Crippen LogP contribution in [0.3, 0.4) is 0 Å². The molecule has 0 unspecified atom stereocenters. The minimum atomic E-state index is -0.333. The van der Waals surface area contributed by atoms with E-state index in [2.05, 4.69) is 53.7 Å². The molecule has 2 bridgehead atoms. The molecule has 1 aliphatic carbocycles. The third-order valence-corrected chi connectivity index (χ3v) is 8.13. The highest BCUT2D eigenvalue weighted by molar-refractivity contribution is 6.04. The molecule has 3 aliphatic rings. The quantitative estimate of drug-likeness (QED) is 0.331. The lowest BCUT2D eigenvalue weighted by Gasteiger charge is -2.55. The highest BCUT2D eigenvalue weighted by Crippen LogP contribution is 2.63.